The van der Waals surface area contributed by atoms with E-state index in [1.165, 1.54) is 6.07 Å². The van der Waals surface area contributed by atoms with Gasteiger partial charge in [-0.3, -0.25) is 9.48 Å². The lowest BCUT2D eigenvalue weighted by Gasteiger charge is -2.06. The van der Waals surface area contributed by atoms with E-state index in [0.717, 1.165) is 13.0 Å². The number of nitrogens with zero attached hydrogens (tertiary/aromatic N) is 2. The molecule has 2 aromatic rings. The third-order valence-electron chi connectivity index (χ3n) is 3.08. The molecule has 0 saturated heterocycles. The molecule has 2 rings (SSSR count). The van der Waals surface area contributed by atoms with Crippen LogP contribution in [0.5, 0.6) is 0 Å². The van der Waals surface area contributed by atoms with Crippen LogP contribution in [0.15, 0.2) is 41.1 Å². The first-order valence-corrected chi connectivity index (χ1v) is 7.62. The quantitative estimate of drug-likeness (QED) is 0.778. The van der Waals surface area contributed by atoms with Gasteiger partial charge in [-0.2, -0.15) is 5.10 Å². The van der Waals surface area contributed by atoms with Gasteiger partial charge in [-0.1, -0.05) is 22.0 Å². The Hall–Kier alpha value is -1.69. The number of halogens is 2. The Morgan fingerprint density at radius 3 is 3.00 bits per heavy atom. The van der Waals surface area contributed by atoms with Crippen LogP contribution in [0.4, 0.5) is 4.39 Å². The van der Waals surface area contributed by atoms with Crippen LogP contribution >= 0.6 is 15.9 Å². The summed E-state index contributed by atoms with van der Waals surface area (Å²) < 4.78 is 16.1. The van der Waals surface area contributed by atoms with Crippen molar-refractivity contribution >= 4 is 21.8 Å². The van der Waals surface area contributed by atoms with Crippen molar-refractivity contribution in [3.8, 4) is 0 Å². The summed E-state index contributed by atoms with van der Waals surface area (Å²) in [4.78, 5) is 11.7. The van der Waals surface area contributed by atoms with Crippen molar-refractivity contribution in [3.05, 3.63) is 52.5 Å². The molecular weight excluding hydrogens is 337 g/mol. The molecule has 0 fully saturated rings. The van der Waals surface area contributed by atoms with E-state index in [9.17, 15) is 9.18 Å². The van der Waals surface area contributed by atoms with E-state index in [2.05, 4.69) is 26.3 Å². The predicted octanol–water partition coefficient (Wildman–Crippen LogP) is 2.92. The minimum atomic E-state index is -0.282. The number of carbonyl (C=O) groups excluding carboxylic acids is 1. The average Bonchev–Trinajstić information content (AvgIpc) is 2.96. The number of nitrogens with one attached hydrogen (secondary N) is 1. The Kier molecular flexibility index (Phi) is 5.92. The third kappa shape index (κ3) is 5.30. The van der Waals surface area contributed by atoms with E-state index < -0.39 is 0 Å². The van der Waals surface area contributed by atoms with Crippen LogP contribution in [0.25, 0.3) is 0 Å². The minimum absolute atomic E-state index is 0.0576. The second-order valence-electron chi connectivity index (χ2n) is 4.71. The number of benzene rings is 1. The van der Waals surface area contributed by atoms with Crippen molar-refractivity contribution in [2.45, 2.75) is 25.8 Å². The molecule has 0 atom stereocenters. The molecule has 4 nitrogen and oxygen atoms in total. The van der Waals surface area contributed by atoms with E-state index in [0.29, 0.717) is 29.4 Å². The van der Waals surface area contributed by atoms with Crippen LogP contribution in [0.1, 0.15) is 18.4 Å². The summed E-state index contributed by atoms with van der Waals surface area (Å²) in [6, 6.07) is 6.76. The van der Waals surface area contributed by atoms with Crippen LogP contribution in [0.2, 0.25) is 0 Å². The summed E-state index contributed by atoms with van der Waals surface area (Å²) in [5.74, 6) is -0.339. The standard InChI is InChI=1S/C15H17BrFN3O/c16-13-5-3-12(14(17)11-13)4-6-15(21)18-7-1-9-20-10-2-8-19-20/h2-3,5,8,10-11H,1,4,6-7,9H2,(H,18,21). The zero-order valence-corrected chi connectivity index (χ0v) is 13.1. The molecule has 0 unspecified atom stereocenters. The van der Waals surface area contributed by atoms with Gasteiger partial charge in [-0.25, -0.2) is 4.39 Å². The molecule has 0 aliphatic carbocycles. The maximum absolute atomic E-state index is 13.6. The number of aromatic nitrogens is 2. The number of rotatable bonds is 7. The number of aryl methyl sites for hydroxylation is 2. The maximum Gasteiger partial charge on any atom is 0.220 e. The van der Waals surface area contributed by atoms with Crippen molar-refractivity contribution in [1.29, 1.82) is 0 Å². The monoisotopic (exact) mass is 353 g/mol. The molecule has 0 bridgehead atoms. The molecule has 1 heterocycles. The molecular formula is C15H17BrFN3O. The smallest absolute Gasteiger partial charge is 0.220 e. The predicted molar refractivity (Wildman–Crippen MR) is 82.3 cm³/mol. The molecule has 0 radical (unpaired) electrons. The van der Waals surface area contributed by atoms with Crippen molar-refractivity contribution in [3.63, 3.8) is 0 Å². The first-order chi connectivity index (χ1) is 10.1. The highest BCUT2D eigenvalue weighted by atomic mass is 79.9. The second-order valence-corrected chi connectivity index (χ2v) is 5.62. The summed E-state index contributed by atoms with van der Waals surface area (Å²) in [6.07, 6.45) is 5.13. The van der Waals surface area contributed by atoms with Crippen molar-refractivity contribution in [2.24, 2.45) is 0 Å². The van der Waals surface area contributed by atoms with E-state index in [-0.39, 0.29) is 11.7 Å². The summed E-state index contributed by atoms with van der Waals surface area (Å²) in [7, 11) is 0. The van der Waals surface area contributed by atoms with E-state index in [1.807, 2.05) is 16.9 Å². The lowest BCUT2D eigenvalue weighted by molar-refractivity contribution is -0.121. The minimum Gasteiger partial charge on any atom is -0.356 e. The topological polar surface area (TPSA) is 46.9 Å². The summed E-state index contributed by atoms with van der Waals surface area (Å²) in [5, 5.41) is 6.92. The van der Waals surface area contributed by atoms with Gasteiger partial charge in [0.15, 0.2) is 0 Å². The Balaban J connectivity index is 1.65. The molecule has 1 aromatic carbocycles. The SMILES string of the molecule is O=C(CCc1ccc(Br)cc1F)NCCCn1cccn1. The summed E-state index contributed by atoms with van der Waals surface area (Å²) in [5.41, 5.74) is 0.560. The molecule has 6 heteroatoms. The maximum atomic E-state index is 13.6. The third-order valence-corrected chi connectivity index (χ3v) is 3.58. The highest BCUT2D eigenvalue weighted by Gasteiger charge is 2.06. The Labute approximate surface area is 131 Å². The molecule has 0 aliphatic rings. The number of carbonyl (C=O) groups is 1. The zero-order chi connectivity index (χ0) is 15.1. The Bertz CT molecular complexity index is 587. The highest BCUT2D eigenvalue weighted by Crippen LogP contribution is 2.16. The lowest BCUT2D eigenvalue weighted by Crippen LogP contribution is -2.25. The van der Waals surface area contributed by atoms with Crippen LogP contribution < -0.4 is 5.32 Å². The van der Waals surface area contributed by atoms with Gasteiger partial charge in [0.1, 0.15) is 5.82 Å². The molecule has 112 valence electrons. The van der Waals surface area contributed by atoms with Gasteiger partial charge in [0.05, 0.1) is 0 Å². The number of amides is 1. The van der Waals surface area contributed by atoms with Gasteiger partial charge < -0.3 is 5.32 Å². The van der Waals surface area contributed by atoms with Gasteiger partial charge >= 0.3 is 0 Å². The van der Waals surface area contributed by atoms with Crippen LogP contribution in [-0.2, 0) is 17.8 Å². The fourth-order valence-corrected chi connectivity index (χ4v) is 2.30. The lowest BCUT2D eigenvalue weighted by atomic mass is 10.1. The van der Waals surface area contributed by atoms with Gasteiger partial charge in [-0.15, -0.1) is 0 Å². The second kappa shape index (κ2) is 7.93. The summed E-state index contributed by atoms with van der Waals surface area (Å²) in [6.45, 7) is 1.37. The fraction of sp³-hybridized carbons (Fsp3) is 0.333. The van der Waals surface area contributed by atoms with Crippen LogP contribution in [0.3, 0.4) is 0 Å². The molecule has 1 amide bonds. The van der Waals surface area contributed by atoms with E-state index in [1.54, 1.807) is 18.3 Å². The molecule has 1 N–H and O–H groups in total. The largest absolute Gasteiger partial charge is 0.356 e. The van der Waals surface area contributed by atoms with Gasteiger partial charge in [-0.05, 0) is 36.6 Å². The first kappa shape index (κ1) is 15.7. The van der Waals surface area contributed by atoms with Crippen LogP contribution in [0, 0.1) is 5.82 Å². The Morgan fingerprint density at radius 1 is 1.43 bits per heavy atom. The number of hydrogen-bond acceptors (Lipinski definition) is 2. The van der Waals surface area contributed by atoms with Crippen molar-refractivity contribution in [2.75, 3.05) is 6.54 Å². The average molecular weight is 354 g/mol. The van der Waals surface area contributed by atoms with Crippen LogP contribution in [-0.4, -0.2) is 22.2 Å². The molecule has 1 aromatic heterocycles. The summed E-state index contributed by atoms with van der Waals surface area (Å²) >= 11 is 3.21. The number of hydrogen-bond donors (Lipinski definition) is 1. The zero-order valence-electron chi connectivity index (χ0n) is 11.6. The van der Waals surface area contributed by atoms with Gasteiger partial charge in [0.25, 0.3) is 0 Å². The van der Waals surface area contributed by atoms with Gasteiger partial charge in [0, 0.05) is 36.4 Å². The molecule has 0 saturated carbocycles. The van der Waals surface area contributed by atoms with Crippen molar-refractivity contribution in [1.82, 2.24) is 15.1 Å². The van der Waals surface area contributed by atoms with E-state index >= 15 is 0 Å². The highest BCUT2D eigenvalue weighted by molar-refractivity contribution is 9.10. The first-order valence-electron chi connectivity index (χ1n) is 6.83. The van der Waals surface area contributed by atoms with Crippen molar-refractivity contribution < 1.29 is 9.18 Å². The van der Waals surface area contributed by atoms with Gasteiger partial charge in [0.2, 0.25) is 5.91 Å². The molecule has 0 spiro atoms. The fourth-order valence-electron chi connectivity index (χ4n) is 1.96. The normalized spacial score (nSPS) is 10.6. The van der Waals surface area contributed by atoms with E-state index in [4.69, 9.17) is 0 Å². The molecule has 21 heavy (non-hydrogen) atoms. The Morgan fingerprint density at radius 2 is 2.29 bits per heavy atom. The molecule has 0 aliphatic heterocycles.